The molecule has 1 atom stereocenters. The number of carbonyl (C=O) groups is 1. The number of benzene rings is 1. The molecule has 1 aromatic heterocycles. The lowest BCUT2D eigenvalue weighted by Crippen LogP contribution is -2.31. The third-order valence-electron chi connectivity index (χ3n) is 4.16. The fraction of sp³-hybridized carbons (Fsp3) is 0.316. The van der Waals surface area contributed by atoms with Gasteiger partial charge in [-0.2, -0.15) is 0 Å². The molecular formula is C19H21N3O4S. The third kappa shape index (κ3) is 3.85. The number of nitrogens with zero attached hydrogens (tertiary/aromatic N) is 1. The first-order chi connectivity index (χ1) is 13.1. The van der Waals surface area contributed by atoms with Gasteiger partial charge in [-0.15, -0.1) is 6.58 Å². The van der Waals surface area contributed by atoms with Crippen LogP contribution in [-0.4, -0.2) is 35.3 Å². The summed E-state index contributed by atoms with van der Waals surface area (Å²) < 4.78 is 11.2. The Morgan fingerprint density at radius 1 is 1.41 bits per heavy atom. The van der Waals surface area contributed by atoms with Crippen LogP contribution in [0.1, 0.15) is 30.4 Å². The second kappa shape index (κ2) is 8.30. The van der Waals surface area contributed by atoms with Gasteiger partial charge in [-0.25, -0.2) is 4.98 Å². The number of anilines is 1. The molecule has 2 aromatic rings. The molecule has 0 bridgehead atoms. The topological polar surface area (TPSA) is 93.3 Å². The lowest BCUT2D eigenvalue weighted by Gasteiger charge is -2.26. The Morgan fingerprint density at radius 2 is 2.22 bits per heavy atom. The number of carbonyl (C=O) groups excluding carboxylic acids is 1. The zero-order valence-electron chi connectivity index (χ0n) is 15.2. The van der Waals surface area contributed by atoms with E-state index in [1.165, 1.54) is 11.8 Å². The van der Waals surface area contributed by atoms with E-state index >= 15 is 0 Å². The van der Waals surface area contributed by atoms with Crippen LogP contribution in [0.15, 0.2) is 40.8 Å². The molecule has 8 heteroatoms. The van der Waals surface area contributed by atoms with Gasteiger partial charge in [0.25, 0.3) is 5.56 Å². The summed E-state index contributed by atoms with van der Waals surface area (Å²) in [4.78, 5) is 32.3. The minimum absolute atomic E-state index is 0.129. The fourth-order valence-corrected chi connectivity index (χ4v) is 3.69. The Balaban J connectivity index is 2.14. The monoisotopic (exact) mass is 387 g/mol. The lowest BCUT2D eigenvalue weighted by molar-refractivity contribution is -0.116. The van der Waals surface area contributed by atoms with Crippen molar-refractivity contribution < 1.29 is 14.3 Å². The van der Waals surface area contributed by atoms with E-state index in [1.54, 1.807) is 19.3 Å². The van der Waals surface area contributed by atoms with Crippen LogP contribution in [0, 0.1) is 0 Å². The average Bonchev–Trinajstić information content (AvgIpc) is 2.65. The Hall–Kier alpha value is -2.74. The van der Waals surface area contributed by atoms with Crippen molar-refractivity contribution >= 4 is 23.5 Å². The summed E-state index contributed by atoms with van der Waals surface area (Å²) in [6.07, 6.45) is 1.85. The molecule has 3 rings (SSSR count). The molecule has 27 heavy (non-hydrogen) atoms. The number of aromatic nitrogens is 2. The second-order valence-electron chi connectivity index (χ2n) is 5.85. The van der Waals surface area contributed by atoms with Gasteiger partial charge in [0.2, 0.25) is 5.91 Å². The van der Waals surface area contributed by atoms with E-state index in [1.807, 2.05) is 19.1 Å². The zero-order valence-corrected chi connectivity index (χ0v) is 16.0. The van der Waals surface area contributed by atoms with E-state index < -0.39 is 5.92 Å². The lowest BCUT2D eigenvalue weighted by atomic mass is 9.86. The molecular weight excluding hydrogens is 366 g/mol. The number of fused-ring (bicyclic) bond motifs is 1. The molecule has 2 N–H and O–H groups in total. The third-order valence-corrected chi connectivity index (χ3v) is 5.03. The van der Waals surface area contributed by atoms with E-state index in [0.717, 1.165) is 5.56 Å². The predicted octanol–water partition coefficient (Wildman–Crippen LogP) is 2.93. The molecule has 1 amide bonds. The van der Waals surface area contributed by atoms with Crippen molar-refractivity contribution in [2.24, 2.45) is 0 Å². The van der Waals surface area contributed by atoms with Crippen molar-refractivity contribution in [1.82, 2.24) is 9.97 Å². The molecule has 1 unspecified atom stereocenters. The van der Waals surface area contributed by atoms with Crippen molar-refractivity contribution in [2.45, 2.75) is 24.4 Å². The molecule has 7 nitrogen and oxygen atoms in total. The first kappa shape index (κ1) is 19.0. The highest BCUT2D eigenvalue weighted by molar-refractivity contribution is 7.99. The van der Waals surface area contributed by atoms with Crippen LogP contribution in [0.4, 0.5) is 5.82 Å². The molecule has 0 aliphatic carbocycles. The van der Waals surface area contributed by atoms with Crippen LogP contribution in [0.2, 0.25) is 0 Å². The van der Waals surface area contributed by atoms with E-state index in [4.69, 9.17) is 9.47 Å². The number of hydrogen-bond donors (Lipinski definition) is 2. The first-order valence-electron chi connectivity index (χ1n) is 8.56. The minimum Gasteiger partial charge on any atom is -0.493 e. The largest absolute Gasteiger partial charge is 0.493 e. The summed E-state index contributed by atoms with van der Waals surface area (Å²) in [5.74, 6) is 1.32. The molecule has 1 aromatic carbocycles. The summed E-state index contributed by atoms with van der Waals surface area (Å²) in [6.45, 7) is 5.96. The Bertz CT molecular complexity index is 926. The summed E-state index contributed by atoms with van der Waals surface area (Å²) in [6, 6.07) is 5.45. The molecule has 0 spiro atoms. The summed E-state index contributed by atoms with van der Waals surface area (Å²) >= 11 is 1.34. The number of para-hydroxylation sites is 1. The number of H-pyrrole nitrogens is 1. The molecule has 142 valence electrons. The number of nitrogens with one attached hydrogen (secondary N) is 2. The standard InChI is InChI=1S/C19H21N3O4S/c1-4-9-27-19-21-17-15(18(24)22-19)12(10-14(23)20-17)11-7-6-8-13(25-3)16(11)26-5-2/h4,6-8,12H,1,5,9-10H2,2-3H3,(H2,20,21,22,23,24). The van der Waals surface area contributed by atoms with E-state index in [9.17, 15) is 9.59 Å². The van der Waals surface area contributed by atoms with Crippen LogP contribution in [0.3, 0.4) is 0 Å². The van der Waals surface area contributed by atoms with E-state index in [-0.39, 0.29) is 23.7 Å². The average molecular weight is 387 g/mol. The summed E-state index contributed by atoms with van der Waals surface area (Å²) in [7, 11) is 1.56. The maximum atomic E-state index is 12.8. The first-order valence-corrected chi connectivity index (χ1v) is 9.55. The van der Waals surface area contributed by atoms with Gasteiger partial charge in [0.05, 0.1) is 19.3 Å². The normalized spacial score (nSPS) is 15.6. The number of methoxy groups -OCH3 is 1. The number of amides is 1. The highest BCUT2D eigenvalue weighted by atomic mass is 32.2. The Kier molecular flexibility index (Phi) is 5.85. The maximum absolute atomic E-state index is 12.8. The fourth-order valence-electron chi connectivity index (χ4n) is 3.09. The van der Waals surface area contributed by atoms with Gasteiger partial charge in [-0.05, 0) is 13.0 Å². The highest BCUT2D eigenvalue weighted by Gasteiger charge is 2.33. The van der Waals surface area contributed by atoms with Gasteiger partial charge in [0.15, 0.2) is 16.7 Å². The number of ether oxygens (including phenoxy) is 2. The van der Waals surface area contributed by atoms with Crippen molar-refractivity contribution in [3.05, 3.63) is 52.3 Å². The zero-order chi connectivity index (χ0) is 19.4. The SMILES string of the molecule is C=CCSc1nc2c(c(=O)[nH]1)C(c1cccc(OC)c1OCC)CC(=O)N2. The summed E-state index contributed by atoms with van der Waals surface area (Å²) in [5.41, 5.74) is 0.875. The highest BCUT2D eigenvalue weighted by Crippen LogP contribution is 2.42. The van der Waals surface area contributed by atoms with Crippen LogP contribution in [0.25, 0.3) is 0 Å². The van der Waals surface area contributed by atoms with Crippen LogP contribution < -0.4 is 20.3 Å². The molecule has 0 saturated heterocycles. The minimum atomic E-state index is -0.472. The summed E-state index contributed by atoms with van der Waals surface area (Å²) in [5, 5.41) is 3.16. The number of hydrogen-bond acceptors (Lipinski definition) is 6. The van der Waals surface area contributed by atoms with Gasteiger partial charge in [-0.3, -0.25) is 9.59 Å². The molecule has 0 radical (unpaired) electrons. The second-order valence-corrected chi connectivity index (χ2v) is 6.86. The van der Waals surface area contributed by atoms with Crippen LogP contribution >= 0.6 is 11.8 Å². The molecule has 0 saturated carbocycles. The van der Waals surface area contributed by atoms with E-state index in [2.05, 4.69) is 21.9 Å². The quantitative estimate of drug-likeness (QED) is 0.431. The van der Waals surface area contributed by atoms with Crippen molar-refractivity contribution in [2.75, 3.05) is 24.8 Å². The molecule has 0 fully saturated rings. The maximum Gasteiger partial charge on any atom is 0.257 e. The van der Waals surface area contributed by atoms with Gasteiger partial charge in [0.1, 0.15) is 5.82 Å². The molecule has 1 aliphatic rings. The van der Waals surface area contributed by atoms with Crippen LogP contribution in [0.5, 0.6) is 11.5 Å². The Morgan fingerprint density at radius 3 is 2.93 bits per heavy atom. The van der Waals surface area contributed by atoms with Gasteiger partial charge >= 0.3 is 0 Å². The number of thioether (sulfide) groups is 1. The van der Waals surface area contributed by atoms with Crippen molar-refractivity contribution in [3.63, 3.8) is 0 Å². The smallest absolute Gasteiger partial charge is 0.257 e. The number of aromatic amines is 1. The van der Waals surface area contributed by atoms with Gasteiger partial charge in [0, 0.05) is 23.7 Å². The Labute approximate surface area is 161 Å². The number of rotatable bonds is 7. The molecule has 2 heterocycles. The van der Waals surface area contributed by atoms with E-state index in [0.29, 0.717) is 34.6 Å². The van der Waals surface area contributed by atoms with Crippen molar-refractivity contribution in [3.8, 4) is 11.5 Å². The predicted molar refractivity (Wildman–Crippen MR) is 105 cm³/mol. The van der Waals surface area contributed by atoms with Crippen LogP contribution in [-0.2, 0) is 4.79 Å². The van der Waals surface area contributed by atoms with Gasteiger partial charge < -0.3 is 19.8 Å². The van der Waals surface area contributed by atoms with Gasteiger partial charge in [-0.1, -0.05) is 30.0 Å². The molecule has 1 aliphatic heterocycles. The van der Waals surface area contributed by atoms with Crippen molar-refractivity contribution in [1.29, 1.82) is 0 Å².